The van der Waals surface area contributed by atoms with Crippen LogP contribution in [-0.2, 0) is 6.61 Å². The lowest BCUT2D eigenvalue weighted by Gasteiger charge is -2.07. The first-order valence-corrected chi connectivity index (χ1v) is 6.71. The third-order valence-electron chi connectivity index (χ3n) is 2.66. The van der Waals surface area contributed by atoms with Gasteiger partial charge >= 0.3 is 0 Å². The van der Waals surface area contributed by atoms with Crippen LogP contribution in [0.1, 0.15) is 11.1 Å². The van der Waals surface area contributed by atoms with E-state index in [1.807, 2.05) is 0 Å². The summed E-state index contributed by atoms with van der Waals surface area (Å²) in [5.74, 6) is -1.27. The minimum absolute atomic E-state index is 0.0818. The van der Waals surface area contributed by atoms with Gasteiger partial charge in [-0.15, -0.1) is 0 Å². The first-order valence-electron chi connectivity index (χ1n) is 6.30. The fourth-order valence-electron chi connectivity index (χ4n) is 1.62. The number of rotatable bonds is 5. The maximum atomic E-state index is 13.4. The summed E-state index contributed by atoms with van der Waals surface area (Å²) in [4.78, 5) is 0. The first-order chi connectivity index (χ1) is 10.5. The molecule has 0 saturated heterocycles. The van der Waals surface area contributed by atoms with Crippen molar-refractivity contribution in [2.24, 2.45) is 10.8 Å². The average molecular weight is 321 g/mol. The van der Waals surface area contributed by atoms with Crippen LogP contribution < -0.4 is 15.9 Å². The molecule has 22 heavy (non-hydrogen) atoms. The predicted molar refractivity (Wildman–Crippen MR) is 84.6 cm³/mol. The molecule has 2 rings (SSSR count). The summed E-state index contributed by atoms with van der Waals surface area (Å²) < 4.78 is 31.7. The molecule has 0 fully saturated rings. The molecule has 0 amide bonds. The summed E-state index contributed by atoms with van der Waals surface area (Å²) in [6.45, 7) is 0.128. The summed E-state index contributed by atoms with van der Waals surface area (Å²) in [6.07, 6.45) is 1.55. The fraction of sp³-hybridized carbons (Fsp3) is 0.0667. The van der Waals surface area contributed by atoms with Gasteiger partial charge in [-0.05, 0) is 35.5 Å². The molecule has 0 heterocycles. The molecule has 3 N–H and O–H groups in total. The van der Waals surface area contributed by atoms with Crippen molar-refractivity contribution >= 4 is 23.5 Å². The second-order valence-corrected chi connectivity index (χ2v) is 4.78. The molecule has 2 aromatic carbocycles. The number of benzene rings is 2. The van der Waals surface area contributed by atoms with Crippen LogP contribution in [0.15, 0.2) is 47.6 Å². The van der Waals surface area contributed by atoms with E-state index in [1.54, 1.807) is 30.5 Å². The highest BCUT2D eigenvalue weighted by molar-refractivity contribution is 7.80. The number of halogens is 2. The van der Waals surface area contributed by atoms with Gasteiger partial charge < -0.3 is 10.5 Å². The van der Waals surface area contributed by atoms with E-state index in [4.69, 9.17) is 10.5 Å². The van der Waals surface area contributed by atoms with Crippen LogP contribution in [0.5, 0.6) is 5.75 Å². The van der Waals surface area contributed by atoms with Gasteiger partial charge in [0, 0.05) is 6.07 Å². The van der Waals surface area contributed by atoms with E-state index in [0.29, 0.717) is 0 Å². The smallest absolute Gasteiger partial charge is 0.184 e. The SMILES string of the molecule is NC(=S)NN=Cc1ccc(COc2cc(F)ccc2F)cc1. The van der Waals surface area contributed by atoms with Crippen molar-refractivity contribution in [3.63, 3.8) is 0 Å². The highest BCUT2D eigenvalue weighted by atomic mass is 32.1. The van der Waals surface area contributed by atoms with Gasteiger partial charge in [-0.25, -0.2) is 8.78 Å². The van der Waals surface area contributed by atoms with Crippen LogP contribution in [0.2, 0.25) is 0 Å². The zero-order valence-electron chi connectivity index (χ0n) is 11.4. The van der Waals surface area contributed by atoms with Crippen LogP contribution >= 0.6 is 12.2 Å². The van der Waals surface area contributed by atoms with Crippen molar-refractivity contribution in [2.45, 2.75) is 6.61 Å². The van der Waals surface area contributed by atoms with Crippen LogP contribution in [-0.4, -0.2) is 11.3 Å². The van der Waals surface area contributed by atoms with E-state index >= 15 is 0 Å². The molecule has 114 valence electrons. The Kier molecular flexibility index (Phi) is 5.37. The first kappa shape index (κ1) is 15.8. The minimum atomic E-state index is -0.603. The second-order valence-electron chi connectivity index (χ2n) is 4.34. The van der Waals surface area contributed by atoms with E-state index < -0.39 is 11.6 Å². The molecule has 0 bridgehead atoms. The Bertz CT molecular complexity index is 690. The fourth-order valence-corrected chi connectivity index (χ4v) is 1.67. The van der Waals surface area contributed by atoms with Gasteiger partial charge in [-0.2, -0.15) is 5.10 Å². The third kappa shape index (κ3) is 4.78. The molecular weight excluding hydrogens is 308 g/mol. The topological polar surface area (TPSA) is 59.6 Å². The highest BCUT2D eigenvalue weighted by Gasteiger charge is 2.05. The van der Waals surface area contributed by atoms with E-state index in [2.05, 4.69) is 22.7 Å². The zero-order valence-corrected chi connectivity index (χ0v) is 12.2. The Morgan fingerprint density at radius 2 is 1.95 bits per heavy atom. The molecular formula is C15H13F2N3OS. The summed E-state index contributed by atoms with van der Waals surface area (Å²) in [7, 11) is 0. The summed E-state index contributed by atoms with van der Waals surface area (Å²) in [6, 6.07) is 10.3. The van der Waals surface area contributed by atoms with E-state index in [9.17, 15) is 8.78 Å². The molecule has 0 spiro atoms. The Morgan fingerprint density at radius 3 is 2.64 bits per heavy atom. The number of hydrogen-bond donors (Lipinski definition) is 2. The van der Waals surface area contributed by atoms with Crippen molar-refractivity contribution < 1.29 is 13.5 Å². The van der Waals surface area contributed by atoms with Gasteiger partial charge in [-0.3, -0.25) is 5.43 Å². The van der Waals surface area contributed by atoms with Crippen molar-refractivity contribution in [1.29, 1.82) is 0 Å². The molecule has 0 atom stereocenters. The molecule has 4 nitrogen and oxygen atoms in total. The number of hydrazone groups is 1. The Morgan fingerprint density at radius 1 is 1.23 bits per heavy atom. The van der Waals surface area contributed by atoms with Crippen molar-refractivity contribution in [3.05, 3.63) is 65.2 Å². The lowest BCUT2D eigenvalue weighted by atomic mass is 10.1. The molecule has 0 radical (unpaired) electrons. The van der Waals surface area contributed by atoms with Gasteiger partial charge in [0.05, 0.1) is 6.21 Å². The number of nitrogens with zero attached hydrogens (tertiary/aromatic N) is 1. The Hall–Kier alpha value is -2.54. The number of nitrogens with two attached hydrogens (primary N) is 1. The maximum absolute atomic E-state index is 13.4. The van der Waals surface area contributed by atoms with Gasteiger partial charge in [-0.1, -0.05) is 24.3 Å². The largest absolute Gasteiger partial charge is 0.486 e. The van der Waals surface area contributed by atoms with Gasteiger partial charge in [0.25, 0.3) is 0 Å². The zero-order chi connectivity index (χ0) is 15.9. The molecule has 0 aliphatic carbocycles. The number of nitrogens with one attached hydrogen (secondary N) is 1. The quantitative estimate of drug-likeness (QED) is 0.505. The maximum Gasteiger partial charge on any atom is 0.184 e. The number of ether oxygens (including phenoxy) is 1. The van der Waals surface area contributed by atoms with Gasteiger partial charge in [0.1, 0.15) is 12.4 Å². The predicted octanol–water partition coefficient (Wildman–Crippen LogP) is 2.71. The molecule has 0 aliphatic heterocycles. The third-order valence-corrected chi connectivity index (χ3v) is 2.75. The van der Waals surface area contributed by atoms with E-state index in [1.165, 1.54) is 0 Å². The molecule has 0 aliphatic rings. The summed E-state index contributed by atoms with van der Waals surface area (Å²) >= 11 is 4.61. The van der Waals surface area contributed by atoms with Crippen molar-refractivity contribution in [3.8, 4) is 5.75 Å². The Labute approximate surface area is 131 Å². The number of thiocarbonyl (C=S) groups is 1. The van der Waals surface area contributed by atoms with Crippen LogP contribution in [0, 0.1) is 11.6 Å². The monoisotopic (exact) mass is 321 g/mol. The van der Waals surface area contributed by atoms with Gasteiger partial charge in [0.15, 0.2) is 16.7 Å². The second kappa shape index (κ2) is 7.46. The normalized spacial score (nSPS) is 10.6. The van der Waals surface area contributed by atoms with Crippen LogP contribution in [0.4, 0.5) is 8.78 Å². The summed E-state index contributed by atoms with van der Waals surface area (Å²) in [5.41, 5.74) is 9.31. The van der Waals surface area contributed by atoms with E-state index in [-0.39, 0.29) is 17.5 Å². The standard InChI is InChI=1S/C15H13F2N3OS/c16-12-5-6-13(17)14(7-12)21-9-11-3-1-10(2-4-11)8-19-20-15(18)22/h1-8H,9H2,(H3,18,20,22). The lowest BCUT2D eigenvalue weighted by Crippen LogP contribution is -2.23. The van der Waals surface area contributed by atoms with Crippen LogP contribution in [0.25, 0.3) is 0 Å². The molecule has 0 saturated carbocycles. The Balaban J connectivity index is 1.95. The summed E-state index contributed by atoms with van der Waals surface area (Å²) in [5, 5.41) is 3.90. The lowest BCUT2D eigenvalue weighted by molar-refractivity contribution is 0.288. The number of hydrogen-bond acceptors (Lipinski definition) is 3. The molecule has 2 aromatic rings. The average Bonchev–Trinajstić information content (AvgIpc) is 2.49. The molecule has 7 heteroatoms. The highest BCUT2D eigenvalue weighted by Crippen LogP contribution is 2.19. The van der Waals surface area contributed by atoms with Crippen molar-refractivity contribution in [1.82, 2.24) is 5.43 Å². The minimum Gasteiger partial charge on any atom is -0.486 e. The molecule has 0 unspecified atom stereocenters. The van der Waals surface area contributed by atoms with E-state index in [0.717, 1.165) is 29.3 Å². The van der Waals surface area contributed by atoms with Gasteiger partial charge in [0.2, 0.25) is 0 Å². The van der Waals surface area contributed by atoms with Crippen LogP contribution in [0.3, 0.4) is 0 Å². The molecule has 0 aromatic heterocycles. The van der Waals surface area contributed by atoms with Crippen molar-refractivity contribution in [2.75, 3.05) is 0 Å².